The number of carbonyl (C=O) groups excluding carboxylic acids is 3. The number of amides is 1. The second-order valence-electron chi connectivity index (χ2n) is 9.21. The first kappa shape index (κ1) is 26.9. The van der Waals surface area contributed by atoms with Gasteiger partial charge >= 0.3 is 5.97 Å². The Morgan fingerprint density at radius 1 is 0.974 bits per heavy atom. The first-order valence-corrected chi connectivity index (χ1v) is 13.2. The number of rotatable bonds is 9. The van der Waals surface area contributed by atoms with Crippen molar-refractivity contribution in [2.75, 3.05) is 43.1 Å². The topological polar surface area (TPSA) is 101 Å². The van der Waals surface area contributed by atoms with Gasteiger partial charge in [0.05, 0.1) is 41.6 Å². The summed E-state index contributed by atoms with van der Waals surface area (Å²) in [5.41, 5.74) is 2.33. The van der Waals surface area contributed by atoms with Crippen LogP contribution in [-0.2, 0) is 9.53 Å². The van der Waals surface area contributed by atoms with Crippen LogP contribution in [0.1, 0.15) is 33.6 Å². The number of para-hydroxylation sites is 2. The lowest BCUT2D eigenvalue weighted by atomic mass is 10.1. The van der Waals surface area contributed by atoms with Gasteiger partial charge in [0.2, 0.25) is 0 Å². The van der Waals surface area contributed by atoms with Crippen LogP contribution in [0, 0.1) is 0 Å². The normalized spacial score (nSPS) is 14.5. The number of benzene rings is 2. The van der Waals surface area contributed by atoms with Crippen molar-refractivity contribution >= 4 is 52.2 Å². The first-order chi connectivity index (χ1) is 18.9. The summed E-state index contributed by atoms with van der Waals surface area (Å²) in [7, 11) is 1.26. The van der Waals surface area contributed by atoms with Gasteiger partial charge in [-0.3, -0.25) is 24.7 Å². The van der Waals surface area contributed by atoms with Crippen molar-refractivity contribution in [2.24, 2.45) is 0 Å². The number of nitrogens with zero attached hydrogens (tertiary/aromatic N) is 3. The van der Waals surface area contributed by atoms with E-state index in [1.165, 1.54) is 44.5 Å². The summed E-state index contributed by atoms with van der Waals surface area (Å²) >= 11 is 12.8. The zero-order chi connectivity index (χ0) is 27.5. The molecule has 1 aliphatic carbocycles. The molecule has 0 saturated heterocycles. The van der Waals surface area contributed by atoms with Gasteiger partial charge in [0, 0.05) is 43.2 Å². The molecule has 0 radical (unpaired) electrons. The number of esters is 1. The van der Waals surface area contributed by atoms with E-state index in [0.29, 0.717) is 12.6 Å². The number of hydrogen-bond acceptors (Lipinski definition) is 8. The predicted octanol–water partition coefficient (Wildman–Crippen LogP) is 4.76. The van der Waals surface area contributed by atoms with E-state index in [2.05, 4.69) is 19.9 Å². The molecule has 1 amide bonds. The molecule has 202 valence electrons. The largest absolute Gasteiger partial charge is 0.468 e. The molecule has 1 fully saturated rings. The highest BCUT2D eigenvalue weighted by molar-refractivity contribution is 6.37. The minimum Gasteiger partial charge on any atom is -0.468 e. The lowest BCUT2D eigenvalue weighted by molar-refractivity contribution is -0.139. The Hall–Kier alpha value is -3.66. The SMILES string of the molecule is COC(=O)CNCC(=O)c1cc(Cl)c(Oc2ccncc2C(=O)N2CCN(C3CC3)c3ccccc32)cc1Cl. The Bertz CT molecular complexity index is 1430. The fourth-order valence-corrected chi connectivity index (χ4v) is 4.98. The van der Waals surface area contributed by atoms with Crippen molar-refractivity contribution in [2.45, 2.75) is 18.9 Å². The van der Waals surface area contributed by atoms with Crippen LogP contribution in [0.3, 0.4) is 0 Å². The van der Waals surface area contributed by atoms with Crippen LogP contribution in [0.4, 0.5) is 11.4 Å². The smallest absolute Gasteiger partial charge is 0.319 e. The molecule has 0 bridgehead atoms. The van der Waals surface area contributed by atoms with Gasteiger partial charge in [0.1, 0.15) is 17.1 Å². The molecule has 39 heavy (non-hydrogen) atoms. The molecule has 1 aromatic heterocycles. The number of nitrogens with one attached hydrogen (secondary N) is 1. The number of methoxy groups -OCH3 is 1. The van der Waals surface area contributed by atoms with Crippen molar-refractivity contribution in [3.05, 3.63) is 76.0 Å². The number of pyridine rings is 1. The van der Waals surface area contributed by atoms with Crippen LogP contribution in [0.5, 0.6) is 11.5 Å². The van der Waals surface area contributed by atoms with Crippen molar-refractivity contribution < 1.29 is 23.9 Å². The maximum atomic E-state index is 13.8. The van der Waals surface area contributed by atoms with Crippen LogP contribution in [0.15, 0.2) is 54.9 Å². The molecular formula is C28H26Cl2N4O5. The third-order valence-electron chi connectivity index (χ3n) is 6.62. The first-order valence-electron chi connectivity index (χ1n) is 12.5. The average molecular weight is 569 g/mol. The summed E-state index contributed by atoms with van der Waals surface area (Å²) in [6.07, 6.45) is 5.32. The fraction of sp³-hybridized carbons (Fsp3) is 0.286. The summed E-state index contributed by atoms with van der Waals surface area (Å²) in [6.45, 7) is 1.03. The monoisotopic (exact) mass is 568 g/mol. The number of anilines is 2. The summed E-state index contributed by atoms with van der Waals surface area (Å²) in [5, 5.41) is 2.95. The molecule has 2 heterocycles. The Labute approximate surface area is 235 Å². The van der Waals surface area contributed by atoms with E-state index >= 15 is 0 Å². The lowest BCUT2D eigenvalue weighted by Gasteiger charge is -2.38. The number of ether oxygens (including phenoxy) is 2. The molecule has 0 atom stereocenters. The van der Waals surface area contributed by atoms with Gasteiger partial charge in [0.25, 0.3) is 5.91 Å². The predicted molar refractivity (Wildman–Crippen MR) is 148 cm³/mol. The van der Waals surface area contributed by atoms with E-state index < -0.39 is 5.97 Å². The molecule has 1 saturated carbocycles. The maximum Gasteiger partial charge on any atom is 0.319 e. The van der Waals surface area contributed by atoms with Gasteiger partial charge in [-0.05, 0) is 37.1 Å². The zero-order valence-electron chi connectivity index (χ0n) is 21.2. The number of Topliss-reactive ketones (excluding diaryl/α,β-unsaturated/α-hetero) is 1. The molecule has 2 aromatic carbocycles. The van der Waals surface area contributed by atoms with E-state index in [1.807, 2.05) is 24.3 Å². The van der Waals surface area contributed by atoms with Gasteiger partial charge in [-0.1, -0.05) is 35.3 Å². The highest BCUT2D eigenvalue weighted by Gasteiger charge is 2.36. The number of carbonyl (C=O) groups is 3. The summed E-state index contributed by atoms with van der Waals surface area (Å²) in [5.74, 6) is -0.659. The van der Waals surface area contributed by atoms with Crippen molar-refractivity contribution in [1.29, 1.82) is 0 Å². The fourth-order valence-electron chi connectivity index (χ4n) is 4.52. The van der Waals surface area contributed by atoms with Crippen molar-refractivity contribution in [3.8, 4) is 11.5 Å². The minimum atomic E-state index is -0.494. The number of halogens is 2. The Morgan fingerprint density at radius 3 is 2.49 bits per heavy atom. The van der Waals surface area contributed by atoms with E-state index in [0.717, 1.165) is 17.9 Å². The molecule has 9 nitrogen and oxygen atoms in total. The summed E-state index contributed by atoms with van der Waals surface area (Å²) < 4.78 is 10.6. The van der Waals surface area contributed by atoms with E-state index in [-0.39, 0.29) is 57.5 Å². The Balaban J connectivity index is 1.36. The van der Waals surface area contributed by atoms with Gasteiger partial charge in [-0.15, -0.1) is 0 Å². The second-order valence-corrected chi connectivity index (χ2v) is 10.0. The lowest BCUT2D eigenvalue weighted by Crippen LogP contribution is -2.45. The molecule has 11 heteroatoms. The summed E-state index contributed by atoms with van der Waals surface area (Å²) in [6, 6.07) is 12.8. The molecule has 0 spiro atoms. The molecule has 1 aliphatic heterocycles. The minimum absolute atomic E-state index is 0.117. The van der Waals surface area contributed by atoms with E-state index in [1.54, 1.807) is 11.0 Å². The van der Waals surface area contributed by atoms with E-state index in [9.17, 15) is 14.4 Å². The standard InChI is InChI=1S/C28H26Cl2N4O5/c1-38-27(36)16-32-15-24(35)18-12-21(30)26(13-20(18)29)39-25-8-9-31-14-19(25)28(37)34-11-10-33(17-6-7-17)22-4-2-3-5-23(22)34/h2-5,8-9,12-14,17,32H,6-7,10-11,15-16H2,1H3. The molecule has 0 unspecified atom stereocenters. The number of hydrogen-bond donors (Lipinski definition) is 1. The Kier molecular flexibility index (Phi) is 8.02. The molecule has 2 aliphatic rings. The third kappa shape index (κ3) is 5.85. The second kappa shape index (κ2) is 11.6. The highest BCUT2D eigenvalue weighted by Crippen LogP contribution is 2.41. The average Bonchev–Trinajstić information content (AvgIpc) is 3.79. The maximum absolute atomic E-state index is 13.8. The highest BCUT2D eigenvalue weighted by atomic mass is 35.5. The van der Waals surface area contributed by atoms with Gasteiger partial charge < -0.3 is 19.3 Å². The number of aromatic nitrogens is 1. The van der Waals surface area contributed by atoms with Crippen LogP contribution in [-0.4, -0.2) is 62.0 Å². The number of fused-ring (bicyclic) bond motifs is 1. The molecular weight excluding hydrogens is 543 g/mol. The van der Waals surface area contributed by atoms with Gasteiger partial charge in [-0.2, -0.15) is 0 Å². The Morgan fingerprint density at radius 2 is 1.74 bits per heavy atom. The summed E-state index contributed by atoms with van der Waals surface area (Å²) in [4.78, 5) is 45.9. The van der Waals surface area contributed by atoms with Crippen LogP contribution in [0.2, 0.25) is 10.0 Å². The molecule has 1 N–H and O–H groups in total. The van der Waals surface area contributed by atoms with Crippen molar-refractivity contribution in [1.82, 2.24) is 10.3 Å². The van der Waals surface area contributed by atoms with Gasteiger partial charge in [-0.25, -0.2) is 0 Å². The number of ketones is 1. The van der Waals surface area contributed by atoms with Gasteiger partial charge in [0.15, 0.2) is 5.78 Å². The molecule has 3 aromatic rings. The van der Waals surface area contributed by atoms with Crippen molar-refractivity contribution in [3.63, 3.8) is 0 Å². The molecule has 5 rings (SSSR count). The van der Waals surface area contributed by atoms with Crippen LogP contribution in [0.25, 0.3) is 0 Å². The van der Waals surface area contributed by atoms with Crippen LogP contribution < -0.4 is 19.9 Å². The zero-order valence-corrected chi connectivity index (χ0v) is 22.7. The quantitative estimate of drug-likeness (QED) is 0.291. The van der Waals surface area contributed by atoms with E-state index in [4.69, 9.17) is 27.9 Å². The van der Waals surface area contributed by atoms with Crippen LogP contribution >= 0.6 is 23.2 Å². The third-order valence-corrected chi connectivity index (χ3v) is 7.22.